The highest BCUT2D eigenvalue weighted by atomic mass is 19.4. The molecule has 1 N–H and O–H groups in total. The van der Waals surface area contributed by atoms with Crippen molar-refractivity contribution in [2.24, 2.45) is 5.92 Å². The Bertz CT molecular complexity index is 2100. The first-order valence-electron chi connectivity index (χ1n) is 20.5. The van der Waals surface area contributed by atoms with Crippen molar-refractivity contribution < 1.29 is 41.7 Å². The van der Waals surface area contributed by atoms with E-state index >= 15 is 17.6 Å². The molecule has 60 heavy (non-hydrogen) atoms. The Labute approximate surface area is 348 Å². The van der Waals surface area contributed by atoms with Crippen LogP contribution in [0.25, 0.3) is 0 Å². The molecule has 4 atom stereocenters. The topological polar surface area (TPSA) is 104 Å². The second kappa shape index (κ2) is 17.7. The Balaban J connectivity index is 1.32. The number of ether oxygens (including phenoxy) is 3. The second-order valence-corrected chi connectivity index (χ2v) is 16.5. The molecule has 1 amide bonds. The van der Waals surface area contributed by atoms with E-state index in [4.69, 9.17) is 24.2 Å². The number of likely N-dealkylation sites (N-methyl/N-ethyl adjacent to an activating group) is 1. The molecule has 2 fully saturated rings. The molecule has 11 nitrogen and oxygen atoms in total. The zero-order valence-corrected chi connectivity index (χ0v) is 35.1. The highest BCUT2D eigenvalue weighted by molar-refractivity contribution is 5.66. The molecule has 0 spiro atoms. The molecular weight excluding hydrogens is 781 g/mol. The van der Waals surface area contributed by atoms with Gasteiger partial charge in [-0.3, -0.25) is 0 Å². The van der Waals surface area contributed by atoms with Crippen LogP contribution >= 0.6 is 0 Å². The Morgan fingerprint density at radius 2 is 1.57 bits per heavy atom. The summed E-state index contributed by atoms with van der Waals surface area (Å²) in [4.78, 5) is 29.0. The summed E-state index contributed by atoms with van der Waals surface area (Å²) in [5.74, 6) is -0.373. The van der Waals surface area contributed by atoms with Crippen LogP contribution in [0, 0.1) is 18.7 Å². The lowest BCUT2D eigenvalue weighted by molar-refractivity contribution is -0.139. The van der Waals surface area contributed by atoms with Crippen molar-refractivity contribution in [1.29, 1.82) is 0 Å². The summed E-state index contributed by atoms with van der Waals surface area (Å²) in [6.07, 6.45) is -3.55. The number of amides is 1. The number of carboxylic acid groups (broad SMARTS) is 1. The molecule has 0 unspecified atom stereocenters. The maximum Gasteiger partial charge on any atom is 0.417 e. The van der Waals surface area contributed by atoms with E-state index in [1.165, 1.54) is 17.9 Å². The maximum absolute atomic E-state index is 17.7. The van der Waals surface area contributed by atoms with Crippen LogP contribution in [0.4, 0.5) is 33.9 Å². The van der Waals surface area contributed by atoms with E-state index in [0.29, 0.717) is 36.2 Å². The molecule has 2 aliphatic heterocycles. The third-order valence-electron chi connectivity index (χ3n) is 12.5. The molecule has 3 heterocycles. The van der Waals surface area contributed by atoms with Crippen LogP contribution < -0.4 is 24.0 Å². The van der Waals surface area contributed by atoms with E-state index in [1.54, 1.807) is 43.4 Å². The lowest BCUT2D eigenvalue weighted by Gasteiger charge is -2.42. The number of hydrogen-bond donors (Lipinski definition) is 1. The number of rotatable bonds is 12. The molecule has 3 aromatic carbocycles. The van der Waals surface area contributed by atoms with Gasteiger partial charge in [0, 0.05) is 55.9 Å². The van der Waals surface area contributed by atoms with Gasteiger partial charge in [0.15, 0.2) is 5.82 Å². The average molecular weight is 835 g/mol. The summed E-state index contributed by atoms with van der Waals surface area (Å²) in [6, 6.07) is 16.0. The SMILES string of the molecule is COc1ccc(CN(Cc2ccc(OC)cc2)c2cc(C)c(C(F)(F)F)c([C@@H]3Cc4nc(OC[C@@H]5CCCN5C)nc(N5CCN(C(=O)O)C[C@@H]5C)c4C[C@H]3C)c2F)cc1. The molecule has 2 saturated heterocycles. The van der Waals surface area contributed by atoms with Crippen LogP contribution in [0.1, 0.15) is 71.7 Å². The number of piperazine rings is 1. The van der Waals surface area contributed by atoms with Crippen molar-refractivity contribution in [3.8, 4) is 17.5 Å². The summed E-state index contributed by atoms with van der Waals surface area (Å²) in [5.41, 5.74) is 1.58. The number of carbonyl (C=O) groups is 1. The summed E-state index contributed by atoms with van der Waals surface area (Å²) < 4.78 is 80.6. The van der Waals surface area contributed by atoms with Crippen LogP contribution in [0.2, 0.25) is 0 Å². The van der Waals surface area contributed by atoms with Gasteiger partial charge < -0.3 is 38.9 Å². The van der Waals surface area contributed by atoms with Gasteiger partial charge in [0.05, 0.1) is 31.2 Å². The first kappa shape index (κ1) is 42.8. The van der Waals surface area contributed by atoms with E-state index in [2.05, 4.69) is 4.90 Å². The number of likely N-dealkylation sites (tertiary alicyclic amines) is 1. The summed E-state index contributed by atoms with van der Waals surface area (Å²) >= 11 is 0. The molecular formula is C45H54F4N6O5. The van der Waals surface area contributed by atoms with Gasteiger partial charge in [0.25, 0.3) is 0 Å². The van der Waals surface area contributed by atoms with Crippen LogP contribution in [0.15, 0.2) is 54.6 Å². The van der Waals surface area contributed by atoms with Crippen LogP contribution in [-0.4, -0.2) is 97.1 Å². The molecule has 3 aliphatic rings. The molecule has 0 radical (unpaired) electrons. The van der Waals surface area contributed by atoms with Crippen molar-refractivity contribution in [2.45, 2.75) is 83.7 Å². The fourth-order valence-electron chi connectivity index (χ4n) is 9.13. The number of hydrogen-bond acceptors (Lipinski definition) is 9. The molecule has 322 valence electrons. The number of alkyl halides is 3. The minimum Gasteiger partial charge on any atom is -0.497 e. The zero-order valence-electron chi connectivity index (χ0n) is 35.1. The predicted octanol–water partition coefficient (Wildman–Crippen LogP) is 8.35. The van der Waals surface area contributed by atoms with Crippen molar-refractivity contribution in [3.63, 3.8) is 0 Å². The summed E-state index contributed by atoms with van der Waals surface area (Å²) in [5, 5.41) is 9.71. The minimum atomic E-state index is -4.84. The van der Waals surface area contributed by atoms with Crippen molar-refractivity contribution in [3.05, 3.63) is 99.5 Å². The highest BCUT2D eigenvalue weighted by Gasteiger charge is 2.44. The van der Waals surface area contributed by atoms with E-state index in [9.17, 15) is 9.90 Å². The Morgan fingerprint density at radius 3 is 2.10 bits per heavy atom. The number of fused-ring (bicyclic) bond motifs is 1. The minimum absolute atomic E-state index is 0.0229. The number of nitrogens with zero attached hydrogens (tertiary/aromatic N) is 6. The maximum atomic E-state index is 17.7. The first-order valence-corrected chi connectivity index (χ1v) is 20.5. The van der Waals surface area contributed by atoms with Gasteiger partial charge in [-0.15, -0.1) is 0 Å². The van der Waals surface area contributed by atoms with Crippen LogP contribution in [0.5, 0.6) is 17.5 Å². The van der Waals surface area contributed by atoms with Crippen molar-refractivity contribution in [2.75, 3.05) is 63.9 Å². The van der Waals surface area contributed by atoms with Crippen LogP contribution in [0.3, 0.4) is 0 Å². The Morgan fingerprint density at radius 1 is 0.933 bits per heavy atom. The number of halogens is 4. The smallest absolute Gasteiger partial charge is 0.417 e. The lowest BCUT2D eigenvalue weighted by Crippen LogP contribution is -2.54. The fourth-order valence-corrected chi connectivity index (χ4v) is 9.13. The molecule has 1 aromatic heterocycles. The molecule has 1 aliphatic carbocycles. The third kappa shape index (κ3) is 9.05. The number of benzene rings is 3. The van der Waals surface area contributed by atoms with Gasteiger partial charge in [-0.2, -0.15) is 23.1 Å². The lowest BCUT2D eigenvalue weighted by atomic mass is 9.73. The highest BCUT2D eigenvalue weighted by Crippen LogP contribution is 2.48. The monoisotopic (exact) mass is 834 g/mol. The van der Waals surface area contributed by atoms with E-state index in [0.717, 1.165) is 36.1 Å². The molecule has 15 heteroatoms. The molecule has 0 saturated carbocycles. The standard InChI is InChI=1S/C45H54F4N6O5/c1-27-20-36-37(50-43(60-26-32-8-7-17-52(32)4)51-42(36)55-19-18-53(44(56)57)23-29(55)3)22-35(27)39-40(45(47,48)49)28(2)21-38(41(39)46)54(24-30-9-13-33(58-5)14-10-30)25-31-11-15-34(59-6)16-12-31/h9-16,21,27,29,32,35H,7-8,17-20,22-26H2,1-6H3,(H,56,57)/t27-,29+,32+,35-/m1/s1. The second-order valence-electron chi connectivity index (χ2n) is 16.5. The molecule has 4 aromatic rings. The van der Waals surface area contributed by atoms with Gasteiger partial charge in [-0.05, 0) is 112 Å². The van der Waals surface area contributed by atoms with Crippen LogP contribution in [-0.2, 0) is 32.1 Å². The zero-order chi connectivity index (χ0) is 42.9. The molecule has 7 rings (SSSR count). The normalized spacial score (nSPS) is 20.8. The van der Waals surface area contributed by atoms with Gasteiger partial charge in [-0.25, -0.2) is 9.18 Å². The van der Waals surface area contributed by atoms with E-state index in [-0.39, 0.29) is 73.9 Å². The predicted molar refractivity (Wildman–Crippen MR) is 221 cm³/mol. The quantitative estimate of drug-likeness (QED) is 0.140. The van der Waals surface area contributed by atoms with E-state index < -0.39 is 35.5 Å². The van der Waals surface area contributed by atoms with Crippen molar-refractivity contribution in [1.82, 2.24) is 19.8 Å². The Hall–Kier alpha value is -5.31. The largest absolute Gasteiger partial charge is 0.497 e. The average Bonchev–Trinajstić information content (AvgIpc) is 3.64. The van der Waals surface area contributed by atoms with Gasteiger partial charge >= 0.3 is 18.3 Å². The van der Waals surface area contributed by atoms with Gasteiger partial charge in [0.1, 0.15) is 23.9 Å². The fraction of sp³-hybridized carbons (Fsp3) is 0.489. The number of aryl methyl sites for hydroxylation is 1. The third-order valence-corrected chi connectivity index (χ3v) is 12.5. The number of aromatic nitrogens is 2. The van der Waals surface area contributed by atoms with E-state index in [1.807, 2.05) is 50.1 Å². The summed E-state index contributed by atoms with van der Waals surface area (Å²) in [7, 11) is 5.17. The van der Waals surface area contributed by atoms with Gasteiger partial charge in [0.2, 0.25) is 0 Å². The first-order chi connectivity index (χ1) is 28.6. The van der Waals surface area contributed by atoms with Crippen molar-refractivity contribution >= 4 is 17.6 Å². The number of anilines is 2. The summed E-state index contributed by atoms with van der Waals surface area (Å²) in [6.45, 7) is 7.77. The van der Waals surface area contributed by atoms with Gasteiger partial charge in [-0.1, -0.05) is 31.2 Å². The molecule has 0 bridgehead atoms. The Kier molecular flexibility index (Phi) is 12.6. The number of methoxy groups -OCH3 is 2.